The highest BCUT2D eigenvalue weighted by atomic mass is 35.5. The van der Waals surface area contributed by atoms with Crippen LogP contribution in [0.1, 0.15) is 29.8 Å². The Kier molecular flexibility index (Phi) is 4.17. The van der Waals surface area contributed by atoms with Gasteiger partial charge in [0, 0.05) is 17.1 Å². The van der Waals surface area contributed by atoms with Crippen LogP contribution in [0.3, 0.4) is 0 Å². The van der Waals surface area contributed by atoms with Crippen molar-refractivity contribution in [1.82, 2.24) is 14.7 Å². The number of amides is 2. The molecule has 4 rings (SSSR count). The lowest BCUT2D eigenvalue weighted by Crippen LogP contribution is -2.43. The van der Waals surface area contributed by atoms with Gasteiger partial charge < -0.3 is 4.90 Å². The third-order valence-electron chi connectivity index (χ3n) is 4.71. The van der Waals surface area contributed by atoms with E-state index in [9.17, 15) is 4.79 Å². The van der Waals surface area contributed by atoms with Gasteiger partial charge in [-0.3, -0.25) is 5.32 Å². The lowest BCUT2D eigenvalue weighted by molar-refractivity contribution is 0.198. The van der Waals surface area contributed by atoms with Gasteiger partial charge in [-0.15, -0.1) is 0 Å². The number of benzene rings is 2. The molecule has 0 bridgehead atoms. The van der Waals surface area contributed by atoms with Crippen LogP contribution in [-0.4, -0.2) is 27.3 Å². The fourth-order valence-electron chi connectivity index (χ4n) is 3.51. The third-order valence-corrected chi connectivity index (χ3v) is 4.96. The topological polar surface area (TPSA) is 50.2 Å². The van der Waals surface area contributed by atoms with E-state index in [-0.39, 0.29) is 12.1 Å². The second-order valence-corrected chi connectivity index (χ2v) is 6.70. The average molecular weight is 367 g/mol. The Morgan fingerprint density at radius 1 is 1.12 bits per heavy atom. The molecule has 2 aromatic carbocycles. The van der Waals surface area contributed by atoms with Crippen LogP contribution in [0.5, 0.6) is 0 Å². The van der Waals surface area contributed by atoms with Crippen molar-refractivity contribution in [3.63, 3.8) is 0 Å². The molecule has 0 spiro atoms. The summed E-state index contributed by atoms with van der Waals surface area (Å²) in [6, 6.07) is 17.2. The average Bonchev–Trinajstić information content (AvgIpc) is 2.98. The number of nitrogens with zero attached hydrogens (tertiary/aromatic N) is 3. The molecule has 1 aromatic heterocycles. The van der Waals surface area contributed by atoms with E-state index in [1.807, 2.05) is 61.2 Å². The van der Waals surface area contributed by atoms with E-state index in [0.717, 1.165) is 22.5 Å². The maximum absolute atomic E-state index is 12.8. The second-order valence-electron chi connectivity index (χ2n) is 6.27. The molecule has 6 heteroatoms. The molecule has 1 atom stereocenters. The number of hydrogen-bond acceptors (Lipinski definition) is 2. The first kappa shape index (κ1) is 16.7. The molecular weight excluding hydrogens is 348 g/mol. The van der Waals surface area contributed by atoms with Crippen molar-refractivity contribution >= 4 is 23.4 Å². The molecule has 3 aromatic rings. The number of carbonyl (C=O) groups excluding carboxylic acids is 1. The number of nitrogens with one attached hydrogen (secondary N) is 1. The summed E-state index contributed by atoms with van der Waals surface area (Å²) in [5.74, 6) is 0.716. The van der Waals surface area contributed by atoms with Crippen LogP contribution < -0.4 is 5.32 Å². The Balaban J connectivity index is 1.91. The van der Waals surface area contributed by atoms with Gasteiger partial charge >= 0.3 is 6.03 Å². The highest BCUT2D eigenvalue weighted by Gasteiger charge is 2.37. The first-order valence-electron chi connectivity index (χ1n) is 8.58. The van der Waals surface area contributed by atoms with E-state index >= 15 is 0 Å². The number of halogens is 1. The van der Waals surface area contributed by atoms with E-state index in [1.54, 1.807) is 4.68 Å². The zero-order valence-electron chi connectivity index (χ0n) is 14.6. The second kappa shape index (κ2) is 6.50. The summed E-state index contributed by atoms with van der Waals surface area (Å²) in [7, 11) is 0. The molecule has 0 radical (unpaired) electrons. The minimum Gasteiger partial charge on any atom is -0.313 e. The van der Waals surface area contributed by atoms with Crippen molar-refractivity contribution in [3.8, 4) is 5.69 Å². The lowest BCUT2D eigenvalue weighted by Gasteiger charge is -2.36. The maximum atomic E-state index is 12.8. The Morgan fingerprint density at radius 2 is 1.81 bits per heavy atom. The summed E-state index contributed by atoms with van der Waals surface area (Å²) in [6.07, 6.45) is 0. The van der Waals surface area contributed by atoms with Crippen LogP contribution >= 0.6 is 11.6 Å². The van der Waals surface area contributed by atoms with Crippen molar-refractivity contribution < 1.29 is 4.79 Å². The van der Waals surface area contributed by atoms with E-state index in [2.05, 4.69) is 17.4 Å². The molecule has 5 nitrogen and oxygen atoms in total. The molecule has 0 aliphatic carbocycles. The smallest absolute Gasteiger partial charge is 0.313 e. The number of urea groups is 1. The SMILES string of the molecule is CCN1C(=O)Nc2c(c(C)nn2-c2ccc(Cl)cc2)C1c1ccccc1. The van der Waals surface area contributed by atoms with Crippen LogP contribution in [-0.2, 0) is 0 Å². The minimum absolute atomic E-state index is 0.121. The standard InChI is InChI=1S/C20H19ClN4O/c1-3-24-18(14-7-5-4-6-8-14)17-13(2)23-25(19(17)22-20(24)26)16-11-9-15(21)10-12-16/h4-12,18H,3H2,1-2H3,(H,22,26). The number of anilines is 1. The summed E-state index contributed by atoms with van der Waals surface area (Å²) in [6.45, 7) is 4.57. The van der Waals surface area contributed by atoms with Crippen molar-refractivity contribution in [1.29, 1.82) is 0 Å². The largest absolute Gasteiger partial charge is 0.323 e. The minimum atomic E-state index is -0.161. The van der Waals surface area contributed by atoms with Crippen molar-refractivity contribution in [2.24, 2.45) is 0 Å². The van der Waals surface area contributed by atoms with E-state index in [1.165, 1.54) is 0 Å². The van der Waals surface area contributed by atoms with Gasteiger partial charge in [-0.2, -0.15) is 5.10 Å². The van der Waals surface area contributed by atoms with Crippen molar-refractivity contribution in [2.45, 2.75) is 19.9 Å². The van der Waals surface area contributed by atoms with Crippen LogP contribution in [0.2, 0.25) is 5.02 Å². The van der Waals surface area contributed by atoms with Crippen molar-refractivity contribution in [3.05, 3.63) is 76.4 Å². The number of aryl methyl sites for hydroxylation is 1. The highest BCUT2D eigenvalue weighted by molar-refractivity contribution is 6.30. The molecular formula is C20H19ClN4O. The third kappa shape index (κ3) is 2.65. The summed E-state index contributed by atoms with van der Waals surface area (Å²) in [5, 5.41) is 8.38. The van der Waals surface area contributed by atoms with Crippen LogP contribution in [0.15, 0.2) is 54.6 Å². The Hall–Kier alpha value is -2.79. The lowest BCUT2D eigenvalue weighted by atomic mass is 9.95. The van der Waals surface area contributed by atoms with Crippen LogP contribution in [0.25, 0.3) is 5.69 Å². The number of carbonyl (C=O) groups is 1. The van der Waals surface area contributed by atoms with E-state index < -0.39 is 0 Å². The summed E-state index contributed by atoms with van der Waals surface area (Å²) in [4.78, 5) is 14.6. The Bertz CT molecular complexity index is 950. The van der Waals surface area contributed by atoms with E-state index in [0.29, 0.717) is 17.4 Å². The molecule has 2 amide bonds. The zero-order chi connectivity index (χ0) is 18.3. The first-order valence-corrected chi connectivity index (χ1v) is 8.96. The van der Waals surface area contributed by atoms with Gasteiger partial charge in [0.05, 0.1) is 17.4 Å². The van der Waals surface area contributed by atoms with Gasteiger partial charge in [0.1, 0.15) is 5.82 Å². The highest BCUT2D eigenvalue weighted by Crippen LogP contribution is 2.40. The maximum Gasteiger partial charge on any atom is 0.323 e. The fraction of sp³-hybridized carbons (Fsp3) is 0.200. The van der Waals surface area contributed by atoms with Crippen LogP contribution in [0, 0.1) is 6.92 Å². The van der Waals surface area contributed by atoms with Gasteiger partial charge in [-0.05, 0) is 43.7 Å². The van der Waals surface area contributed by atoms with Gasteiger partial charge in [0.2, 0.25) is 0 Å². The predicted octanol–water partition coefficient (Wildman–Crippen LogP) is 4.79. The van der Waals surface area contributed by atoms with Gasteiger partial charge in [-0.1, -0.05) is 41.9 Å². The van der Waals surface area contributed by atoms with E-state index in [4.69, 9.17) is 16.7 Å². The Labute approximate surface area is 157 Å². The van der Waals surface area contributed by atoms with Gasteiger partial charge in [0.15, 0.2) is 0 Å². The Morgan fingerprint density at radius 3 is 2.46 bits per heavy atom. The number of rotatable bonds is 3. The molecule has 1 aliphatic heterocycles. The first-order chi connectivity index (χ1) is 12.6. The summed E-state index contributed by atoms with van der Waals surface area (Å²) < 4.78 is 1.78. The number of hydrogen-bond donors (Lipinski definition) is 1. The molecule has 0 saturated carbocycles. The molecule has 1 unspecified atom stereocenters. The molecule has 0 saturated heterocycles. The predicted molar refractivity (Wildman–Crippen MR) is 103 cm³/mol. The molecule has 26 heavy (non-hydrogen) atoms. The fourth-order valence-corrected chi connectivity index (χ4v) is 3.64. The number of aromatic nitrogens is 2. The summed E-state index contributed by atoms with van der Waals surface area (Å²) >= 11 is 6.01. The number of fused-ring (bicyclic) bond motifs is 1. The van der Waals surface area contributed by atoms with Crippen molar-refractivity contribution in [2.75, 3.05) is 11.9 Å². The summed E-state index contributed by atoms with van der Waals surface area (Å²) in [5.41, 5.74) is 3.84. The molecule has 1 N–H and O–H groups in total. The molecule has 1 aliphatic rings. The molecule has 132 valence electrons. The monoisotopic (exact) mass is 366 g/mol. The van der Waals surface area contributed by atoms with Crippen LogP contribution in [0.4, 0.5) is 10.6 Å². The molecule has 2 heterocycles. The van der Waals surface area contributed by atoms with Gasteiger partial charge in [0.25, 0.3) is 0 Å². The zero-order valence-corrected chi connectivity index (χ0v) is 15.4. The normalized spacial score (nSPS) is 16.3. The molecule has 0 fully saturated rings. The quantitative estimate of drug-likeness (QED) is 0.724. The van der Waals surface area contributed by atoms with Gasteiger partial charge in [-0.25, -0.2) is 9.48 Å².